The quantitative estimate of drug-likeness (QED) is 0.890. The molecule has 1 fully saturated rings. The van der Waals surface area contributed by atoms with Crippen LogP contribution in [0.1, 0.15) is 39.2 Å². The molecule has 2 amide bonds. The van der Waals surface area contributed by atoms with E-state index in [2.05, 4.69) is 5.32 Å². The van der Waals surface area contributed by atoms with Gasteiger partial charge in [-0.15, -0.1) is 0 Å². The molecule has 0 aliphatic carbocycles. The summed E-state index contributed by atoms with van der Waals surface area (Å²) < 4.78 is 0. The molecule has 5 nitrogen and oxygen atoms in total. The number of carbonyl (C=O) groups excluding carboxylic acids is 2. The Labute approximate surface area is 131 Å². The fourth-order valence-corrected chi connectivity index (χ4v) is 2.45. The van der Waals surface area contributed by atoms with Gasteiger partial charge in [0.15, 0.2) is 0 Å². The minimum absolute atomic E-state index is 0.157. The van der Waals surface area contributed by atoms with Gasteiger partial charge in [0, 0.05) is 25.2 Å². The highest BCUT2D eigenvalue weighted by molar-refractivity contribution is 5.95. The number of hydrogen-bond acceptors (Lipinski definition) is 3. The first-order valence-corrected chi connectivity index (χ1v) is 7.71. The summed E-state index contributed by atoms with van der Waals surface area (Å²) in [6.45, 7) is 7.01. The van der Waals surface area contributed by atoms with E-state index in [1.807, 2.05) is 45.0 Å². The molecule has 2 rings (SSSR count). The second kappa shape index (κ2) is 6.48. The second-order valence-corrected chi connectivity index (χ2v) is 6.88. The molecule has 1 aromatic carbocycles. The first-order chi connectivity index (χ1) is 10.3. The molecule has 0 bridgehead atoms. The Morgan fingerprint density at radius 3 is 2.73 bits per heavy atom. The van der Waals surface area contributed by atoms with Crippen LogP contribution >= 0.6 is 0 Å². The van der Waals surface area contributed by atoms with Gasteiger partial charge in [-0.2, -0.15) is 0 Å². The first kappa shape index (κ1) is 16.5. The summed E-state index contributed by atoms with van der Waals surface area (Å²) in [4.78, 5) is 25.6. The largest absolute Gasteiger partial charge is 0.351 e. The Bertz CT molecular complexity index is 563. The number of amides is 2. The molecular formula is C17H25N3O2. The van der Waals surface area contributed by atoms with E-state index in [4.69, 9.17) is 5.73 Å². The van der Waals surface area contributed by atoms with E-state index in [-0.39, 0.29) is 17.2 Å². The van der Waals surface area contributed by atoms with Crippen LogP contribution < -0.4 is 16.0 Å². The summed E-state index contributed by atoms with van der Waals surface area (Å²) in [6.07, 6.45) is 1.52. The number of carbonyl (C=O) groups is 2. The normalized spacial score (nSPS) is 16.7. The average Bonchev–Trinajstić information content (AvgIpc) is 2.89. The van der Waals surface area contributed by atoms with Crippen molar-refractivity contribution in [1.29, 1.82) is 0 Å². The Morgan fingerprint density at radius 1 is 1.41 bits per heavy atom. The highest BCUT2D eigenvalue weighted by Crippen LogP contribution is 2.22. The molecule has 120 valence electrons. The van der Waals surface area contributed by atoms with Crippen molar-refractivity contribution < 1.29 is 9.59 Å². The predicted molar refractivity (Wildman–Crippen MR) is 87.3 cm³/mol. The van der Waals surface area contributed by atoms with Crippen molar-refractivity contribution >= 4 is 17.5 Å². The molecule has 1 saturated heterocycles. The molecule has 0 saturated carbocycles. The van der Waals surface area contributed by atoms with E-state index in [1.54, 1.807) is 4.90 Å². The average molecular weight is 303 g/mol. The van der Waals surface area contributed by atoms with Gasteiger partial charge in [0.25, 0.3) is 0 Å². The predicted octanol–water partition coefficient (Wildman–Crippen LogP) is 1.80. The molecular weight excluding hydrogens is 278 g/mol. The van der Waals surface area contributed by atoms with Crippen LogP contribution in [0.3, 0.4) is 0 Å². The summed E-state index contributed by atoms with van der Waals surface area (Å²) in [5.41, 5.74) is 7.53. The lowest BCUT2D eigenvalue weighted by atomic mass is 9.87. The second-order valence-electron chi connectivity index (χ2n) is 6.88. The maximum Gasteiger partial charge on any atom is 0.237 e. The zero-order chi connectivity index (χ0) is 16.3. The molecule has 1 heterocycles. The van der Waals surface area contributed by atoms with Crippen LogP contribution in [-0.2, 0) is 16.1 Å². The number of rotatable bonds is 4. The molecule has 0 unspecified atom stereocenters. The van der Waals surface area contributed by atoms with Crippen molar-refractivity contribution in [1.82, 2.24) is 5.32 Å². The monoisotopic (exact) mass is 303 g/mol. The molecule has 0 spiro atoms. The molecule has 3 N–H and O–H groups in total. The van der Waals surface area contributed by atoms with E-state index >= 15 is 0 Å². The lowest BCUT2D eigenvalue weighted by Crippen LogP contribution is -2.48. The molecule has 1 aliphatic rings. The minimum Gasteiger partial charge on any atom is -0.351 e. The van der Waals surface area contributed by atoms with Gasteiger partial charge in [0.2, 0.25) is 11.8 Å². The van der Waals surface area contributed by atoms with Crippen LogP contribution in [0.4, 0.5) is 5.69 Å². The van der Waals surface area contributed by atoms with E-state index in [0.717, 1.165) is 24.2 Å². The van der Waals surface area contributed by atoms with Gasteiger partial charge in [0.05, 0.1) is 6.04 Å². The van der Waals surface area contributed by atoms with Crippen molar-refractivity contribution in [3.05, 3.63) is 29.8 Å². The van der Waals surface area contributed by atoms with Gasteiger partial charge in [-0.05, 0) is 29.5 Å². The van der Waals surface area contributed by atoms with Crippen LogP contribution in [-0.4, -0.2) is 24.4 Å². The van der Waals surface area contributed by atoms with Crippen molar-refractivity contribution in [3.63, 3.8) is 0 Å². The Kier molecular flexibility index (Phi) is 4.86. The molecule has 0 aromatic heterocycles. The summed E-state index contributed by atoms with van der Waals surface area (Å²) in [5, 5.41) is 2.87. The molecule has 1 atom stereocenters. The smallest absolute Gasteiger partial charge is 0.237 e. The van der Waals surface area contributed by atoms with E-state index in [9.17, 15) is 9.59 Å². The topological polar surface area (TPSA) is 75.4 Å². The van der Waals surface area contributed by atoms with Crippen molar-refractivity contribution in [2.24, 2.45) is 11.1 Å². The zero-order valence-corrected chi connectivity index (χ0v) is 13.6. The Hall–Kier alpha value is -1.88. The number of nitrogens with two attached hydrogens (primary N) is 1. The van der Waals surface area contributed by atoms with E-state index < -0.39 is 6.04 Å². The van der Waals surface area contributed by atoms with Gasteiger partial charge >= 0.3 is 0 Å². The molecule has 5 heteroatoms. The van der Waals surface area contributed by atoms with Gasteiger partial charge in [-0.25, -0.2) is 0 Å². The first-order valence-electron chi connectivity index (χ1n) is 7.71. The number of benzene rings is 1. The zero-order valence-electron chi connectivity index (χ0n) is 13.6. The number of hydrogen-bond donors (Lipinski definition) is 2. The SMILES string of the molecule is CC(C)(C)[C@H](N)C(=O)NCc1cccc(N2CCCC2=O)c1. The summed E-state index contributed by atoms with van der Waals surface area (Å²) >= 11 is 0. The lowest BCUT2D eigenvalue weighted by Gasteiger charge is -2.26. The van der Waals surface area contributed by atoms with Crippen LogP contribution in [0.5, 0.6) is 0 Å². The van der Waals surface area contributed by atoms with E-state index in [0.29, 0.717) is 13.0 Å². The highest BCUT2D eigenvalue weighted by Gasteiger charge is 2.27. The van der Waals surface area contributed by atoms with Gasteiger partial charge in [-0.3, -0.25) is 9.59 Å². The van der Waals surface area contributed by atoms with Crippen molar-refractivity contribution in [2.45, 2.75) is 46.2 Å². The third-order valence-corrected chi connectivity index (χ3v) is 3.98. The highest BCUT2D eigenvalue weighted by atomic mass is 16.2. The standard InChI is InChI=1S/C17H25N3O2/c1-17(2,3)15(18)16(22)19-11-12-6-4-7-13(10-12)20-9-5-8-14(20)21/h4,6-7,10,15H,5,8-9,11,18H2,1-3H3,(H,19,22)/t15-/m1/s1. The van der Waals surface area contributed by atoms with Crippen molar-refractivity contribution in [2.75, 3.05) is 11.4 Å². The Morgan fingerprint density at radius 2 is 2.14 bits per heavy atom. The summed E-state index contributed by atoms with van der Waals surface area (Å²) in [7, 11) is 0. The fraction of sp³-hybridized carbons (Fsp3) is 0.529. The third-order valence-electron chi connectivity index (χ3n) is 3.98. The fourth-order valence-electron chi connectivity index (χ4n) is 2.45. The van der Waals surface area contributed by atoms with Gasteiger partial charge < -0.3 is 16.0 Å². The van der Waals surface area contributed by atoms with Crippen LogP contribution in [0.15, 0.2) is 24.3 Å². The summed E-state index contributed by atoms with van der Waals surface area (Å²) in [6, 6.07) is 7.18. The minimum atomic E-state index is -0.546. The van der Waals surface area contributed by atoms with Crippen LogP contribution in [0.25, 0.3) is 0 Å². The number of anilines is 1. The van der Waals surface area contributed by atoms with Crippen LogP contribution in [0.2, 0.25) is 0 Å². The molecule has 0 radical (unpaired) electrons. The van der Waals surface area contributed by atoms with E-state index in [1.165, 1.54) is 0 Å². The van der Waals surface area contributed by atoms with Crippen LogP contribution in [0, 0.1) is 5.41 Å². The van der Waals surface area contributed by atoms with Gasteiger partial charge in [0.1, 0.15) is 0 Å². The molecule has 22 heavy (non-hydrogen) atoms. The maximum absolute atomic E-state index is 12.1. The number of nitrogens with zero attached hydrogens (tertiary/aromatic N) is 1. The lowest BCUT2D eigenvalue weighted by molar-refractivity contribution is -0.124. The molecule has 1 aliphatic heterocycles. The van der Waals surface area contributed by atoms with Crippen molar-refractivity contribution in [3.8, 4) is 0 Å². The molecule has 1 aromatic rings. The number of nitrogens with one attached hydrogen (secondary N) is 1. The summed E-state index contributed by atoms with van der Waals surface area (Å²) in [5.74, 6) is 0.00564. The van der Waals surface area contributed by atoms with Gasteiger partial charge in [-0.1, -0.05) is 32.9 Å². The third kappa shape index (κ3) is 3.85. The maximum atomic E-state index is 12.1. The Balaban J connectivity index is 1.99.